The fourth-order valence-corrected chi connectivity index (χ4v) is 2.60. The highest BCUT2D eigenvalue weighted by molar-refractivity contribution is 5.46. The van der Waals surface area contributed by atoms with Gasteiger partial charge in [0.2, 0.25) is 0 Å². The maximum atomic E-state index is 5.56. The maximum Gasteiger partial charge on any atom is 0.0718 e. The van der Waals surface area contributed by atoms with Crippen molar-refractivity contribution in [2.45, 2.75) is 25.5 Å². The topological polar surface area (TPSA) is 33.7 Å². The molecule has 0 aromatic heterocycles. The summed E-state index contributed by atoms with van der Waals surface area (Å²) in [6, 6.07) is 9.06. The summed E-state index contributed by atoms with van der Waals surface area (Å²) in [4.78, 5) is 2.39. The van der Waals surface area contributed by atoms with Crippen LogP contribution in [-0.4, -0.2) is 51.4 Å². The summed E-state index contributed by atoms with van der Waals surface area (Å²) in [6.45, 7) is 4.26. The van der Waals surface area contributed by atoms with Gasteiger partial charge in [-0.3, -0.25) is 0 Å². The third-order valence-electron chi connectivity index (χ3n) is 3.62. The van der Waals surface area contributed by atoms with E-state index >= 15 is 0 Å². The second-order valence-corrected chi connectivity index (χ2v) is 5.49. The first kappa shape index (κ1) is 15.3. The molecule has 0 bridgehead atoms. The third kappa shape index (κ3) is 5.12. The SMILES string of the molecule is COCCOCc1cccc(NC2CCCN(C)C2)c1. The first-order chi connectivity index (χ1) is 9.78. The quantitative estimate of drug-likeness (QED) is 0.776. The summed E-state index contributed by atoms with van der Waals surface area (Å²) in [7, 11) is 3.88. The molecule has 0 radical (unpaired) electrons. The van der Waals surface area contributed by atoms with Crippen molar-refractivity contribution in [1.82, 2.24) is 4.90 Å². The van der Waals surface area contributed by atoms with Gasteiger partial charge in [-0.25, -0.2) is 0 Å². The van der Waals surface area contributed by atoms with E-state index in [0.29, 0.717) is 25.9 Å². The van der Waals surface area contributed by atoms with E-state index in [4.69, 9.17) is 9.47 Å². The number of nitrogens with one attached hydrogen (secondary N) is 1. The Kier molecular flexibility index (Phi) is 6.30. The number of hydrogen-bond donors (Lipinski definition) is 1. The van der Waals surface area contributed by atoms with Gasteiger partial charge in [0, 0.05) is 25.4 Å². The standard InChI is InChI=1S/C16H26N2O2/c1-18-8-4-7-16(12-18)17-15-6-3-5-14(11-15)13-20-10-9-19-2/h3,5-6,11,16-17H,4,7-10,12-13H2,1-2H3. The minimum atomic E-state index is 0.554. The lowest BCUT2D eigenvalue weighted by Crippen LogP contribution is -2.39. The van der Waals surface area contributed by atoms with E-state index < -0.39 is 0 Å². The molecule has 1 unspecified atom stereocenters. The number of anilines is 1. The highest BCUT2D eigenvalue weighted by Crippen LogP contribution is 2.17. The number of methoxy groups -OCH3 is 1. The number of rotatable bonds is 7. The Hall–Kier alpha value is -1.10. The van der Waals surface area contributed by atoms with Gasteiger partial charge in [-0.05, 0) is 44.1 Å². The molecule has 2 rings (SSSR count). The lowest BCUT2D eigenvalue weighted by molar-refractivity contribution is 0.0617. The predicted molar refractivity (Wildman–Crippen MR) is 82.1 cm³/mol. The molecule has 0 spiro atoms. The minimum Gasteiger partial charge on any atom is -0.382 e. The van der Waals surface area contributed by atoms with Crippen molar-refractivity contribution in [3.05, 3.63) is 29.8 Å². The molecule has 20 heavy (non-hydrogen) atoms. The average molecular weight is 278 g/mol. The van der Waals surface area contributed by atoms with Crippen LogP contribution >= 0.6 is 0 Å². The van der Waals surface area contributed by atoms with Gasteiger partial charge in [-0.15, -0.1) is 0 Å². The van der Waals surface area contributed by atoms with E-state index in [1.54, 1.807) is 7.11 Å². The van der Waals surface area contributed by atoms with Gasteiger partial charge in [-0.1, -0.05) is 12.1 Å². The third-order valence-corrected chi connectivity index (χ3v) is 3.62. The summed E-state index contributed by atoms with van der Waals surface area (Å²) >= 11 is 0. The maximum absolute atomic E-state index is 5.56. The number of likely N-dealkylation sites (tertiary alicyclic amines) is 1. The normalized spacial score (nSPS) is 20.0. The van der Waals surface area contributed by atoms with Crippen molar-refractivity contribution in [2.75, 3.05) is 45.8 Å². The molecule has 1 saturated heterocycles. The van der Waals surface area contributed by atoms with Crippen molar-refractivity contribution in [1.29, 1.82) is 0 Å². The van der Waals surface area contributed by atoms with Crippen molar-refractivity contribution >= 4 is 5.69 Å². The number of ether oxygens (including phenoxy) is 2. The van der Waals surface area contributed by atoms with Crippen molar-refractivity contribution in [3.63, 3.8) is 0 Å². The number of nitrogens with zero attached hydrogens (tertiary/aromatic N) is 1. The molecule has 1 aliphatic heterocycles. The molecule has 1 aromatic carbocycles. The van der Waals surface area contributed by atoms with Gasteiger partial charge in [0.1, 0.15) is 0 Å². The Morgan fingerprint density at radius 2 is 2.25 bits per heavy atom. The van der Waals surface area contributed by atoms with Gasteiger partial charge in [0.05, 0.1) is 19.8 Å². The molecule has 0 aliphatic carbocycles. The lowest BCUT2D eigenvalue weighted by Gasteiger charge is -2.31. The van der Waals surface area contributed by atoms with Crippen molar-refractivity contribution in [3.8, 4) is 0 Å². The number of hydrogen-bond acceptors (Lipinski definition) is 4. The Labute approximate surface area is 122 Å². The molecule has 1 aromatic rings. The van der Waals surface area contributed by atoms with Crippen LogP contribution in [0.2, 0.25) is 0 Å². The van der Waals surface area contributed by atoms with Gasteiger partial charge in [-0.2, -0.15) is 0 Å². The van der Waals surface area contributed by atoms with E-state index in [0.717, 1.165) is 6.54 Å². The van der Waals surface area contributed by atoms with Crippen LogP contribution in [0.4, 0.5) is 5.69 Å². The van der Waals surface area contributed by atoms with E-state index in [-0.39, 0.29) is 0 Å². The monoisotopic (exact) mass is 278 g/mol. The van der Waals surface area contributed by atoms with Gasteiger partial charge in [0.15, 0.2) is 0 Å². The summed E-state index contributed by atoms with van der Waals surface area (Å²) in [5.74, 6) is 0. The molecule has 0 saturated carbocycles. The van der Waals surface area contributed by atoms with Gasteiger partial charge >= 0.3 is 0 Å². The second-order valence-electron chi connectivity index (χ2n) is 5.49. The summed E-state index contributed by atoms with van der Waals surface area (Å²) in [5.41, 5.74) is 2.40. The fourth-order valence-electron chi connectivity index (χ4n) is 2.60. The van der Waals surface area contributed by atoms with E-state index in [1.165, 1.54) is 30.6 Å². The zero-order valence-corrected chi connectivity index (χ0v) is 12.6. The lowest BCUT2D eigenvalue weighted by atomic mass is 10.1. The van der Waals surface area contributed by atoms with Crippen LogP contribution in [0.5, 0.6) is 0 Å². The van der Waals surface area contributed by atoms with Gasteiger partial charge < -0.3 is 19.7 Å². The molecule has 112 valence electrons. The van der Waals surface area contributed by atoms with E-state index in [9.17, 15) is 0 Å². The summed E-state index contributed by atoms with van der Waals surface area (Å²) in [6.07, 6.45) is 2.52. The van der Waals surface area contributed by atoms with E-state index in [2.05, 4.69) is 41.5 Å². The van der Waals surface area contributed by atoms with Crippen LogP contribution in [-0.2, 0) is 16.1 Å². The molecule has 4 nitrogen and oxygen atoms in total. The molecule has 1 N–H and O–H groups in total. The van der Waals surface area contributed by atoms with Crippen LogP contribution in [0.3, 0.4) is 0 Å². The molecule has 1 aliphatic rings. The smallest absolute Gasteiger partial charge is 0.0718 e. The molecule has 1 fully saturated rings. The molecule has 0 amide bonds. The van der Waals surface area contributed by atoms with Crippen molar-refractivity contribution in [2.24, 2.45) is 0 Å². The number of benzene rings is 1. The van der Waals surface area contributed by atoms with Crippen LogP contribution < -0.4 is 5.32 Å². The highest BCUT2D eigenvalue weighted by Gasteiger charge is 2.16. The largest absolute Gasteiger partial charge is 0.382 e. The summed E-state index contributed by atoms with van der Waals surface area (Å²) in [5, 5.41) is 3.63. The number of piperidine rings is 1. The number of likely N-dealkylation sites (N-methyl/N-ethyl adjacent to an activating group) is 1. The van der Waals surface area contributed by atoms with Crippen LogP contribution in [0.15, 0.2) is 24.3 Å². The highest BCUT2D eigenvalue weighted by atomic mass is 16.5. The van der Waals surface area contributed by atoms with Crippen molar-refractivity contribution < 1.29 is 9.47 Å². The zero-order chi connectivity index (χ0) is 14.2. The molecular formula is C16H26N2O2. The zero-order valence-electron chi connectivity index (χ0n) is 12.6. The Morgan fingerprint density at radius 3 is 3.05 bits per heavy atom. The van der Waals surface area contributed by atoms with Crippen LogP contribution in [0.25, 0.3) is 0 Å². The first-order valence-electron chi connectivity index (χ1n) is 7.38. The Balaban J connectivity index is 1.82. The molecule has 1 heterocycles. The first-order valence-corrected chi connectivity index (χ1v) is 7.38. The Bertz CT molecular complexity index is 398. The molecule has 1 atom stereocenters. The van der Waals surface area contributed by atoms with Gasteiger partial charge in [0.25, 0.3) is 0 Å². The average Bonchev–Trinajstić information content (AvgIpc) is 2.44. The second kappa shape index (κ2) is 8.25. The van der Waals surface area contributed by atoms with Crippen LogP contribution in [0.1, 0.15) is 18.4 Å². The van der Waals surface area contributed by atoms with Crippen LogP contribution in [0, 0.1) is 0 Å². The summed E-state index contributed by atoms with van der Waals surface area (Å²) < 4.78 is 10.5. The predicted octanol–water partition coefficient (Wildman–Crippen LogP) is 2.36. The van der Waals surface area contributed by atoms with E-state index in [1.807, 2.05) is 0 Å². The molecule has 4 heteroatoms. The minimum absolute atomic E-state index is 0.554. The Morgan fingerprint density at radius 1 is 1.35 bits per heavy atom. The fraction of sp³-hybridized carbons (Fsp3) is 0.625. The molecular weight excluding hydrogens is 252 g/mol.